The molecule has 88 valence electrons. The van der Waals surface area contributed by atoms with E-state index in [2.05, 4.69) is 16.4 Å². The number of aromatic carboxylic acids is 1. The highest BCUT2D eigenvalue weighted by Gasteiger charge is 2.08. The van der Waals surface area contributed by atoms with E-state index in [9.17, 15) is 4.79 Å². The third kappa shape index (κ3) is 2.50. The molecule has 0 saturated carbocycles. The molecule has 2 rings (SSSR count). The molecule has 0 aliphatic rings. The minimum atomic E-state index is -1.06. The number of carboxylic acids is 1. The van der Waals surface area contributed by atoms with Crippen LogP contribution in [0.2, 0.25) is 0 Å². The lowest BCUT2D eigenvalue weighted by Crippen LogP contribution is -2.02. The monoisotopic (exact) mass is 231 g/mol. The molecule has 0 fully saturated rings. The van der Waals surface area contributed by atoms with Gasteiger partial charge in [-0.05, 0) is 25.0 Å². The molecule has 17 heavy (non-hydrogen) atoms. The number of benzene rings is 1. The summed E-state index contributed by atoms with van der Waals surface area (Å²) in [4.78, 5) is 10.7. The number of carbonyl (C=O) groups is 1. The molecule has 0 radical (unpaired) electrons. The third-order valence-electron chi connectivity index (χ3n) is 2.59. The van der Waals surface area contributed by atoms with Gasteiger partial charge in [0.25, 0.3) is 0 Å². The van der Waals surface area contributed by atoms with Crippen molar-refractivity contribution in [1.82, 2.24) is 15.0 Å². The Bertz CT molecular complexity index is 561. The van der Waals surface area contributed by atoms with Crippen LogP contribution in [0.15, 0.2) is 24.4 Å². The Balaban J connectivity index is 2.22. The third-order valence-corrected chi connectivity index (χ3v) is 2.59. The van der Waals surface area contributed by atoms with E-state index in [0.29, 0.717) is 6.54 Å². The van der Waals surface area contributed by atoms with Crippen molar-refractivity contribution in [2.75, 3.05) is 0 Å². The molecule has 0 bridgehead atoms. The summed E-state index contributed by atoms with van der Waals surface area (Å²) in [5.74, 6) is -1.06. The van der Waals surface area contributed by atoms with Crippen LogP contribution in [-0.2, 0) is 6.54 Å². The van der Waals surface area contributed by atoms with Gasteiger partial charge in [0.05, 0.1) is 12.7 Å². The van der Waals surface area contributed by atoms with Crippen LogP contribution in [0.3, 0.4) is 0 Å². The summed E-state index contributed by atoms with van der Waals surface area (Å²) in [6.07, 6.45) is 1.43. The fraction of sp³-hybridized carbons (Fsp3) is 0.250. The van der Waals surface area contributed by atoms with Crippen LogP contribution in [0, 0.1) is 13.8 Å². The minimum Gasteiger partial charge on any atom is -0.476 e. The van der Waals surface area contributed by atoms with Gasteiger partial charge in [0, 0.05) is 0 Å². The smallest absolute Gasteiger partial charge is 0.358 e. The van der Waals surface area contributed by atoms with Gasteiger partial charge in [-0.2, -0.15) is 0 Å². The number of aryl methyl sites for hydroxylation is 2. The molecule has 5 nitrogen and oxygen atoms in total. The molecule has 0 atom stereocenters. The van der Waals surface area contributed by atoms with Gasteiger partial charge < -0.3 is 5.11 Å². The summed E-state index contributed by atoms with van der Waals surface area (Å²) in [5, 5.41) is 16.1. The number of hydrogen-bond donors (Lipinski definition) is 1. The lowest BCUT2D eigenvalue weighted by Gasteiger charge is -2.06. The van der Waals surface area contributed by atoms with Gasteiger partial charge >= 0.3 is 5.97 Å². The molecule has 2 aromatic rings. The van der Waals surface area contributed by atoms with Gasteiger partial charge in [-0.1, -0.05) is 29.0 Å². The first-order valence-electron chi connectivity index (χ1n) is 5.26. The van der Waals surface area contributed by atoms with E-state index in [1.807, 2.05) is 26.0 Å². The fourth-order valence-corrected chi connectivity index (χ4v) is 1.67. The quantitative estimate of drug-likeness (QED) is 0.871. The highest BCUT2D eigenvalue weighted by molar-refractivity contribution is 5.84. The highest BCUT2D eigenvalue weighted by atomic mass is 16.4. The zero-order valence-corrected chi connectivity index (χ0v) is 9.71. The topological polar surface area (TPSA) is 68.0 Å². The van der Waals surface area contributed by atoms with Crippen molar-refractivity contribution in [3.63, 3.8) is 0 Å². The first-order valence-corrected chi connectivity index (χ1v) is 5.26. The minimum absolute atomic E-state index is 0.0326. The van der Waals surface area contributed by atoms with Crippen molar-refractivity contribution in [1.29, 1.82) is 0 Å². The molecular weight excluding hydrogens is 218 g/mol. The normalized spacial score (nSPS) is 10.5. The second-order valence-corrected chi connectivity index (χ2v) is 4.04. The molecule has 0 amide bonds. The van der Waals surface area contributed by atoms with E-state index in [4.69, 9.17) is 5.11 Å². The lowest BCUT2D eigenvalue weighted by atomic mass is 10.1. The predicted molar refractivity (Wildman–Crippen MR) is 62.0 cm³/mol. The maximum Gasteiger partial charge on any atom is 0.358 e. The van der Waals surface area contributed by atoms with E-state index in [1.54, 1.807) is 0 Å². The summed E-state index contributed by atoms with van der Waals surface area (Å²) in [6, 6.07) is 6.13. The van der Waals surface area contributed by atoms with Crippen molar-refractivity contribution >= 4 is 5.97 Å². The van der Waals surface area contributed by atoms with Gasteiger partial charge in [0.15, 0.2) is 5.69 Å². The Morgan fingerprint density at radius 1 is 1.41 bits per heavy atom. The second kappa shape index (κ2) is 4.37. The first kappa shape index (κ1) is 11.3. The average Bonchev–Trinajstić information content (AvgIpc) is 2.71. The second-order valence-electron chi connectivity index (χ2n) is 4.04. The molecule has 0 aliphatic carbocycles. The summed E-state index contributed by atoms with van der Waals surface area (Å²) in [6.45, 7) is 4.60. The maximum atomic E-state index is 10.7. The number of nitrogens with zero attached hydrogens (tertiary/aromatic N) is 3. The highest BCUT2D eigenvalue weighted by Crippen LogP contribution is 2.11. The SMILES string of the molecule is Cc1ccc(Cn2cc(C(=O)O)nn2)c(C)c1. The number of aromatic nitrogens is 3. The summed E-state index contributed by atoms with van der Waals surface area (Å²) < 4.78 is 1.53. The predicted octanol–water partition coefficient (Wildman–Crippen LogP) is 1.64. The molecule has 1 aromatic heterocycles. The number of rotatable bonds is 3. The van der Waals surface area contributed by atoms with E-state index in [1.165, 1.54) is 16.4 Å². The summed E-state index contributed by atoms with van der Waals surface area (Å²) in [7, 11) is 0. The zero-order valence-electron chi connectivity index (χ0n) is 9.71. The van der Waals surface area contributed by atoms with Gasteiger partial charge in [-0.3, -0.25) is 0 Å². The Labute approximate surface area is 98.7 Å². The molecule has 0 saturated heterocycles. The van der Waals surface area contributed by atoms with Crippen LogP contribution < -0.4 is 0 Å². The molecule has 5 heteroatoms. The van der Waals surface area contributed by atoms with E-state index in [0.717, 1.165) is 11.1 Å². The Morgan fingerprint density at radius 3 is 2.76 bits per heavy atom. The lowest BCUT2D eigenvalue weighted by molar-refractivity contribution is 0.0690. The zero-order chi connectivity index (χ0) is 12.4. The molecule has 0 aliphatic heterocycles. The van der Waals surface area contributed by atoms with Crippen LogP contribution >= 0.6 is 0 Å². The fourth-order valence-electron chi connectivity index (χ4n) is 1.67. The molecule has 1 aromatic carbocycles. The summed E-state index contributed by atoms with van der Waals surface area (Å²) in [5.41, 5.74) is 3.45. The molecule has 0 unspecified atom stereocenters. The van der Waals surface area contributed by atoms with Gasteiger partial charge in [0.2, 0.25) is 0 Å². The van der Waals surface area contributed by atoms with Gasteiger partial charge in [0.1, 0.15) is 0 Å². The standard InChI is InChI=1S/C12H13N3O2/c1-8-3-4-10(9(2)5-8)6-15-7-11(12(16)17)13-14-15/h3-5,7H,6H2,1-2H3,(H,16,17). The molecular formula is C12H13N3O2. The van der Waals surface area contributed by atoms with Crippen molar-refractivity contribution in [2.45, 2.75) is 20.4 Å². The van der Waals surface area contributed by atoms with Crippen LogP contribution in [0.25, 0.3) is 0 Å². The Morgan fingerprint density at radius 2 is 2.18 bits per heavy atom. The van der Waals surface area contributed by atoms with Crippen molar-refractivity contribution < 1.29 is 9.90 Å². The summed E-state index contributed by atoms with van der Waals surface area (Å²) >= 11 is 0. The van der Waals surface area contributed by atoms with Crippen LogP contribution in [-0.4, -0.2) is 26.1 Å². The van der Waals surface area contributed by atoms with E-state index in [-0.39, 0.29) is 5.69 Å². The average molecular weight is 231 g/mol. The van der Waals surface area contributed by atoms with Crippen LogP contribution in [0.5, 0.6) is 0 Å². The van der Waals surface area contributed by atoms with Crippen molar-refractivity contribution in [2.24, 2.45) is 0 Å². The van der Waals surface area contributed by atoms with Crippen LogP contribution in [0.1, 0.15) is 27.2 Å². The Kier molecular flexibility index (Phi) is 2.91. The molecule has 1 heterocycles. The van der Waals surface area contributed by atoms with Gasteiger partial charge in [-0.15, -0.1) is 5.10 Å². The number of hydrogen-bond acceptors (Lipinski definition) is 3. The number of carboxylic acid groups (broad SMARTS) is 1. The van der Waals surface area contributed by atoms with E-state index >= 15 is 0 Å². The molecule has 1 N–H and O–H groups in total. The van der Waals surface area contributed by atoms with E-state index < -0.39 is 5.97 Å². The molecule has 0 spiro atoms. The first-order chi connectivity index (χ1) is 8.06. The van der Waals surface area contributed by atoms with Crippen LogP contribution in [0.4, 0.5) is 0 Å². The van der Waals surface area contributed by atoms with Crippen molar-refractivity contribution in [3.8, 4) is 0 Å². The van der Waals surface area contributed by atoms with Crippen molar-refractivity contribution in [3.05, 3.63) is 46.8 Å². The maximum absolute atomic E-state index is 10.7. The largest absolute Gasteiger partial charge is 0.476 e. The van der Waals surface area contributed by atoms with Gasteiger partial charge in [-0.25, -0.2) is 9.48 Å². The Hall–Kier alpha value is -2.17.